The van der Waals surface area contributed by atoms with Gasteiger partial charge in [-0.25, -0.2) is 4.98 Å². The van der Waals surface area contributed by atoms with E-state index in [0.717, 1.165) is 11.9 Å². The first-order valence-electron chi connectivity index (χ1n) is 5.53. The molecule has 4 heteroatoms. The lowest BCUT2D eigenvalue weighted by Gasteiger charge is -2.08. The predicted molar refractivity (Wildman–Crippen MR) is 69.5 cm³/mol. The maximum absolute atomic E-state index is 11.7. The van der Waals surface area contributed by atoms with Gasteiger partial charge in [-0.1, -0.05) is 26.0 Å². The molecule has 0 radical (unpaired) electrons. The number of aromatic nitrogens is 1. The number of rotatable bonds is 4. The van der Waals surface area contributed by atoms with Gasteiger partial charge in [-0.15, -0.1) is 0 Å². The van der Waals surface area contributed by atoms with Gasteiger partial charge in [-0.3, -0.25) is 4.79 Å². The molecule has 0 aliphatic rings. The van der Waals surface area contributed by atoms with Gasteiger partial charge in [0.15, 0.2) is 0 Å². The minimum atomic E-state index is -0.309. The number of anilines is 1. The Bertz CT molecular complexity index is 450. The molecule has 1 aromatic rings. The van der Waals surface area contributed by atoms with Crippen LogP contribution in [0.4, 0.5) is 5.82 Å². The zero-order chi connectivity index (χ0) is 12.8. The Labute approximate surface area is 101 Å². The second-order valence-electron chi connectivity index (χ2n) is 3.94. The summed E-state index contributed by atoms with van der Waals surface area (Å²) in [6.45, 7) is 5.81. The number of nitrogens with one attached hydrogen (secondary N) is 2. The highest BCUT2D eigenvalue weighted by atomic mass is 16.1. The Hall–Kier alpha value is -1.97. The molecule has 0 aliphatic heterocycles. The molecule has 0 aliphatic carbocycles. The van der Waals surface area contributed by atoms with Crippen LogP contribution in [0.1, 0.15) is 32.4 Å². The van der Waals surface area contributed by atoms with E-state index >= 15 is 0 Å². The average molecular weight is 231 g/mol. The fourth-order valence-corrected chi connectivity index (χ4v) is 1.31. The second-order valence-corrected chi connectivity index (χ2v) is 3.94. The van der Waals surface area contributed by atoms with Crippen molar-refractivity contribution in [3.8, 4) is 0 Å². The summed E-state index contributed by atoms with van der Waals surface area (Å²) in [7, 11) is 0. The molecule has 2 N–H and O–H groups in total. The topological polar surface area (TPSA) is 65.8 Å². The van der Waals surface area contributed by atoms with Crippen LogP contribution < -0.4 is 5.32 Å². The van der Waals surface area contributed by atoms with Crippen molar-refractivity contribution in [3.05, 3.63) is 35.5 Å². The summed E-state index contributed by atoms with van der Waals surface area (Å²) in [5.41, 5.74) is 1.25. The SMILES string of the molecule is C/C=C(\C=N)C(=O)Nc1cccc(C(C)C)n1. The first kappa shape index (κ1) is 13.1. The Morgan fingerprint density at radius 1 is 1.47 bits per heavy atom. The number of allylic oxidation sites excluding steroid dienone is 1. The van der Waals surface area contributed by atoms with Gasteiger partial charge in [0.2, 0.25) is 0 Å². The standard InChI is InChI=1S/C13H17N3O/c1-4-10(8-14)13(17)16-12-7-5-6-11(15-12)9(2)3/h4-9,14H,1-3H3,(H,15,16,17)/b10-4+,14-8?. The fraction of sp³-hybridized carbons (Fsp3) is 0.308. The molecular weight excluding hydrogens is 214 g/mol. The molecule has 0 spiro atoms. The summed E-state index contributed by atoms with van der Waals surface area (Å²) in [6.07, 6.45) is 2.62. The third-order valence-corrected chi connectivity index (χ3v) is 2.33. The Kier molecular flexibility index (Phi) is 4.57. The zero-order valence-corrected chi connectivity index (χ0v) is 10.3. The van der Waals surface area contributed by atoms with Crippen molar-refractivity contribution < 1.29 is 4.79 Å². The zero-order valence-electron chi connectivity index (χ0n) is 10.3. The molecule has 0 bridgehead atoms. The maximum atomic E-state index is 11.7. The van der Waals surface area contributed by atoms with E-state index < -0.39 is 0 Å². The van der Waals surface area contributed by atoms with E-state index in [9.17, 15) is 4.79 Å². The first-order valence-corrected chi connectivity index (χ1v) is 5.53. The Balaban J connectivity index is 2.85. The molecule has 1 rings (SSSR count). The summed E-state index contributed by atoms with van der Waals surface area (Å²) in [5, 5.41) is 9.76. The van der Waals surface area contributed by atoms with E-state index in [0.29, 0.717) is 17.3 Å². The van der Waals surface area contributed by atoms with Crippen molar-refractivity contribution in [1.82, 2.24) is 4.98 Å². The molecule has 0 saturated heterocycles. The number of hydrogen-bond donors (Lipinski definition) is 2. The van der Waals surface area contributed by atoms with Crippen LogP contribution in [0, 0.1) is 5.41 Å². The van der Waals surface area contributed by atoms with Gasteiger partial charge in [0.1, 0.15) is 5.82 Å². The van der Waals surface area contributed by atoms with Crippen molar-refractivity contribution in [2.45, 2.75) is 26.7 Å². The van der Waals surface area contributed by atoms with Crippen LogP contribution >= 0.6 is 0 Å². The molecule has 0 aromatic carbocycles. The number of carbonyl (C=O) groups excluding carboxylic acids is 1. The highest BCUT2D eigenvalue weighted by Crippen LogP contribution is 2.14. The average Bonchev–Trinajstić information content (AvgIpc) is 2.30. The van der Waals surface area contributed by atoms with Gasteiger partial charge in [-0.2, -0.15) is 0 Å². The number of nitrogens with zero attached hydrogens (tertiary/aromatic N) is 1. The summed E-state index contributed by atoms with van der Waals surface area (Å²) < 4.78 is 0. The van der Waals surface area contributed by atoms with E-state index in [1.165, 1.54) is 0 Å². The molecule has 0 saturated carbocycles. The number of hydrogen-bond acceptors (Lipinski definition) is 3. The lowest BCUT2D eigenvalue weighted by Crippen LogP contribution is -2.16. The Morgan fingerprint density at radius 3 is 2.71 bits per heavy atom. The van der Waals surface area contributed by atoms with E-state index in [2.05, 4.69) is 10.3 Å². The Morgan fingerprint density at radius 2 is 2.18 bits per heavy atom. The van der Waals surface area contributed by atoms with Crippen LogP contribution in [-0.4, -0.2) is 17.1 Å². The van der Waals surface area contributed by atoms with Crippen LogP contribution in [-0.2, 0) is 4.79 Å². The van der Waals surface area contributed by atoms with Gasteiger partial charge in [-0.05, 0) is 25.0 Å². The minimum Gasteiger partial charge on any atom is -0.308 e. The van der Waals surface area contributed by atoms with Gasteiger partial charge >= 0.3 is 0 Å². The van der Waals surface area contributed by atoms with Crippen LogP contribution in [0.25, 0.3) is 0 Å². The summed E-state index contributed by atoms with van der Waals surface area (Å²) >= 11 is 0. The minimum absolute atomic E-state index is 0.309. The van der Waals surface area contributed by atoms with Gasteiger partial charge in [0.05, 0.1) is 5.57 Å². The summed E-state index contributed by atoms with van der Waals surface area (Å²) in [6, 6.07) is 5.52. The highest BCUT2D eigenvalue weighted by Gasteiger charge is 2.08. The van der Waals surface area contributed by atoms with Crippen molar-refractivity contribution in [1.29, 1.82) is 5.41 Å². The molecule has 0 atom stereocenters. The lowest BCUT2D eigenvalue weighted by molar-refractivity contribution is -0.112. The largest absolute Gasteiger partial charge is 0.308 e. The second kappa shape index (κ2) is 5.94. The fourth-order valence-electron chi connectivity index (χ4n) is 1.31. The molecule has 90 valence electrons. The van der Waals surface area contributed by atoms with Crippen molar-refractivity contribution in [3.63, 3.8) is 0 Å². The summed E-state index contributed by atoms with van der Waals surface area (Å²) in [4.78, 5) is 16.0. The molecule has 17 heavy (non-hydrogen) atoms. The predicted octanol–water partition coefficient (Wildman–Crippen LogP) is 2.74. The van der Waals surface area contributed by atoms with Crippen molar-refractivity contribution in [2.75, 3.05) is 5.32 Å². The van der Waals surface area contributed by atoms with E-state index in [4.69, 9.17) is 5.41 Å². The van der Waals surface area contributed by atoms with E-state index in [-0.39, 0.29) is 5.91 Å². The third kappa shape index (κ3) is 3.52. The smallest absolute Gasteiger partial charge is 0.258 e. The van der Waals surface area contributed by atoms with E-state index in [1.807, 2.05) is 26.0 Å². The van der Waals surface area contributed by atoms with Gasteiger partial charge < -0.3 is 10.7 Å². The first-order chi connectivity index (χ1) is 8.08. The molecule has 0 unspecified atom stereocenters. The lowest BCUT2D eigenvalue weighted by atomic mass is 10.1. The van der Waals surface area contributed by atoms with Crippen LogP contribution in [0.5, 0.6) is 0 Å². The maximum Gasteiger partial charge on any atom is 0.258 e. The quantitative estimate of drug-likeness (QED) is 0.618. The molecule has 1 heterocycles. The van der Waals surface area contributed by atoms with Crippen molar-refractivity contribution >= 4 is 17.9 Å². The number of carbonyl (C=O) groups is 1. The highest BCUT2D eigenvalue weighted by molar-refractivity contribution is 6.16. The third-order valence-electron chi connectivity index (χ3n) is 2.33. The van der Waals surface area contributed by atoms with Crippen LogP contribution in [0.15, 0.2) is 29.8 Å². The molecule has 4 nitrogen and oxygen atoms in total. The van der Waals surface area contributed by atoms with Crippen LogP contribution in [0.2, 0.25) is 0 Å². The van der Waals surface area contributed by atoms with Gasteiger partial charge in [0, 0.05) is 11.9 Å². The molecule has 1 amide bonds. The number of amides is 1. The molecule has 0 fully saturated rings. The number of pyridine rings is 1. The van der Waals surface area contributed by atoms with E-state index in [1.54, 1.807) is 19.1 Å². The van der Waals surface area contributed by atoms with Crippen LogP contribution in [0.3, 0.4) is 0 Å². The van der Waals surface area contributed by atoms with Gasteiger partial charge in [0.25, 0.3) is 5.91 Å². The van der Waals surface area contributed by atoms with Crippen molar-refractivity contribution in [2.24, 2.45) is 0 Å². The normalized spacial score (nSPS) is 11.4. The molecule has 1 aromatic heterocycles. The molecular formula is C13H17N3O. The monoisotopic (exact) mass is 231 g/mol. The summed E-state index contributed by atoms with van der Waals surface area (Å²) in [5.74, 6) is 0.522.